The number of carbonyl (C=O) groups excluding carboxylic acids is 1. The Morgan fingerprint density at radius 1 is 1.28 bits per heavy atom. The summed E-state index contributed by atoms with van der Waals surface area (Å²) < 4.78 is 0. The molecule has 2 unspecified atom stereocenters. The van der Waals surface area contributed by atoms with Gasteiger partial charge in [-0.3, -0.25) is 9.78 Å². The van der Waals surface area contributed by atoms with Gasteiger partial charge in [-0.2, -0.15) is 0 Å². The molecule has 1 saturated carbocycles. The number of hydrogen-bond acceptors (Lipinski definition) is 4. The molecule has 2 atom stereocenters. The Labute approximate surface area is 107 Å². The molecule has 0 radical (unpaired) electrons. The van der Waals surface area contributed by atoms with Gasteiger partial charge in [0.1, 0.15) is 11.5 Å². The van der Waals surface area contributed by atoms with Crippen molar-refractivity contribution in [3.63, 3.8) is 0 Å². The van der Waals surface area contributed by atoms with Crippen LogP contribution in [0, 0.1) is 11.8 Å². The number of hydrogen-bond donors (Lipinski definition) is 2. The van der Waals surface area contributed by atoms with Gasteiger partial charge in [0.15, 0.2) is 0 Å². The molecule has 1 aliphatic rings. The van der Waals surface area contributed by atoms with Gasteiger partial charge in [0, 0.05) is 6.04 Å². The number of carbonyl (C=O) groups is 1. The molecule has 18 heavy (non-hydrogen) atoms. The summed E-state index contributed by atoms with van der Waals surface area (Å²) in [6.07, 6.45) is 6.19. The second kappa shape index (κ2) is 5.33. The van der Waals surface area contributed by atoms with E-state index in [0.29, 0.717) is 17.5 Å². The van der Waals surface area contributed by atoms with Gasteiger partial charge in [0.2, 0.25) is 0 Å². The summed E-state index contributed by atoms with van der Waals surface area (Å²) in [6.45, 7) is 4.46. The summed E-state index contributed by atoms with van der Waals surface area (Å²) in [5.74, 6) is 1.41. The predicted octanol–water partition coefficient (Wildman–Crippen LogP) is 1.61. The Hall–Kier alpha value is -1.65. The number of anilines is 1. The molecule has 5 nitrogen and oxygen atoms in total. The molecule has 3 N–H and O–H groups in total. The molecule has 1 aromatic rings. The maximum absolute atomic E-state index is 12.0. The lowest BCUT2D eigenvalue weighted by atomic mass is 9.80. The van der Waals surface area contributed by atoms with Crippen LogP contribution in [0.1, 0.15) is 43.6 Å². The fourth-order valence-corrected chi connectivity index (χ4v) is 2.81. The number of amides is 1. The van der Waals surface area contributed by atoms with Crippen molar-refractivity contribution in [1.29, 1.82) is 0 Å². The van der Waals surface area contributed by atoms with E-state index in [4.69, 9.17) is 5.73 Å². The zero-order valence-corrected chi connectivity index (χ0v) is 10.9. The van der Waals surface area contributed by atoms with Crippen LogP contribution >= 0.6 is 0 Å². The van der Waals surface area contributed by atoms with E-state index in [-0.39, 0.29) is 17.8 Å². The number of aromatic nitrogens is 2. The molecule has 98 valence electrons. The molecule has 1 heterocycles. The number of nitrogen functional groups attached to an aromatic ring is 1. The molecule has 5 heteroatoms. The van der Waals surface area contributed by atoms with E-state index in [0.717, 1.165) is 12.8 Å². The highest BCUT2D eigenvalue weighted by molar-refractivity contribution is 5.92. The van der Waals surface area contributed by atoms with Crippen molar-refractivity contribution in [3.8, 4) is 0 Å². The Morgan fingerprint density at radius 2 is 1.94 bits per heavy atom. The first-order chi connectivity index (χ1) is 8.54. The van der Waals surface area contributed by atoms with Crippen molar-refractivity contribution in [3.05, 3.63) is 18.1 Å². The van der Waals surface area contributed by atoms with Gasteiger partial charge in [0.25, 0.3) is 5.91 Å². The minimum atomic E-state index is -0.180. The second-order valence-electron chi connectivity index (χ2n) is 5.42. The van der Waals surface area contributed by atoms with E-state index >= 15 is 0 Å². The van der Waals surface area contributed by atoms with Crippen LogP contribution in [0.2, 0.25) is 0 Å². The molecule has 1 amide bonds. The molecule has 0 bridgehead atoms. The van der Waals surface area contributed by atoms with Crippen molar-refractivity contribution < 1.29 is 4.79 Å². The van der Waals surface area contributed by atoms with Crippen molar-refractivity contribution in [1.82, 2.24) is 15.3 Å². The third kappa shape index (κ3) is 3.18. The third-order valence-corrected chi connectivity index (χ3v) is 3.40. The van der Waals surface area contributed by atoms with Crippen LogP contribution < -0.4 is 11.1 Å². The summed E-state index contributed by atoms with van der Waals surface area (Å²) in [6, 6.07) is 0.236. The molecule has 0 aromatic carbocycles. The van der Waals surface area contributed by atoms with Crippen LogP contribution in [0.5, 0.6) is 0 Å². The molecule has 1 aromatic heterocycles. The Bertz CT molecular complexity index is 425. The van der Waals surface area contributed by atoms with E-state index < -0.39 is 0 Å². The molecule has 0 spiro atoms. The van der Waals surface area contributed by atoms with Gasteiger partial charge in [-0.15, -0.1) is 0 Å². The summed E-state index contributed by atoms with van der Waals surface area (Å²) in [7, 11) is 0. The van der Waals surface area contributed by atoms with Crippen LogP contribution in [0.15, 0.2) is 12.4 Å². The molecular formula is C13H20N4O. The third-order valence-electron chi connectivity index (χ3n) is 3.40. The quantitative estimate of drug-likeness (QED) is 0.833. The Morgan fingerprint density at radius 3 is 2.56 bits per heavy atom. The average Bonchev–Trinajstić information content (AvgIpc) is 2.27. The van der Waals surface area contributed by atoms with E-state index in [9.17, 15) is 4.79 Å². The lowest BCUT2D eigenvalue weighted by Gasteiger charge is -2.31. The normalized spacial score (nSPS) is 27.8. The topological polar surface area (TPSA) is 80.9 Å². The van der Waals surface area contributed by atoms with Crippen LogP contribution in [0.3, 0.4) is 0 Å². The lowest BCUT2D eigenvalue weighted by Crippen LogP contribution is -2.40. The van der Waals surface area contributed by atoms with Gasteiger partial charge in [-0.25, -0.2) is 4.98 Å². The number of nitrogens with zero attached hydrogens (tertiary/aromatic N) is 2. The molecule has 0 aliphatic heterocycles. The van der Waals surface area contributed by atoms with Crippen LogP contribution in [-0.2, 0) is 0 Å². The summed E-state index contributed by atoms with van der Waals surface area (Å²) >= 11 is 0. The van der Waals surface area contributed by atoms with E-state index in [1.807, 2.05) is 0 Å². The minimum absolute atomic E-state index is 0.180. The standard InChI is InChI=1S/C13H20N4O/c1-8-3-9(2)5-10(4-8)16-13(18)11-6-15-7-12(14)17-11/h6-10H,3-5H2,1-2H3,(H2,14,17)(H,16,18). The zero-order chi connectivity index (χ0) is 13.1. The fraction of sp³-hybridized carbons (Fsp3) is 0.615. The first-order valence-corrected chi connectivity index (χ1v) is 6.43. The molecule has 0 saturated heterocycles. The highest BCUT2D eigenvalue weighted by Crippen LogP contribution is 2.28. The summed E-state index contributed by atoms with van der Waals surface area (Å²) in [4.78, 5) is 19.9. The number of nitrogens with two attached hydrogens (primary N) is 1. The number of nitrogens with one attached hydrogen (secondary N) is 1. The van der Waals surface area contributed by atoms with Crippen molar-refractivity contribution >= 4 is 11.7 Å². The van der Waals surface area contributed by atoms with Crippen LogP contribution in [0.4, 0.5) is 5.82 Å². The van der Waals surface area contributed by atoms with Gasteiger partial charge in [-0.1, -0.05) is 13.8 Å². The molecule has 2 rings (SSSR count). The highest BCUT2D eigenvalue weighted by atomic mass is 16.1. The lowest BCUT2D eigenvalue weighted by molar-refractivity contribution is 0.0906. The van der Waals surface area contributed by atoms with Crippen LogP contribution in [0.25, 0.3) is 0 Å². The SMILES string of the molecule is CC1CC(C)CC(NC(=O)c2cncc(N)n2)C1. The molecular weight excluding hydrogens is 228 g/mol. The maximum atomic E-state index is 12.0. The molecule has 1 fully saturated rings. The van der Waals surface area contributed by atoms with Crippen LogP contribution in [-0.4, -0.2) is 21.9 Å². The van der Waals surface area contributed by atoms with E-state index in [1.165, 1.54) is 18.8 Å². The zero-order valence-electron chi connectivity index (χ0n) is 10.9. The van der Waals surface area contributed by atoms with Gasteiger partial charge in [-0.05, 0) is 31.1 Å². The Kier molecular flexibility index (Phi) is 3.79. The van der Waals surface area contributed by atoms with Gasteiger partial charge < -0.3 is 11.1 Å². The number of rotatable bonds is 2. The summed E-state index contributed by atoms with van der Waals surface area (Å²) in [5, 5.41) is 3.03. The average molecular weight is 248 g/mol. The monoisotopic (exact) mass is 248 g/mol. The minimum Gasteiger partial charge on any atom is -0.382 e. The predicted molar refractivity (Wildman–Crippen MR) is 69.9 cm³/mol. The van der Waals surface area contributed by atoms with E-state index in [1.54, 1.807) is 0 Å². The van der Waals surface area contributed by atoms with Crippen molar-refractivity contribution in [2.24, 2.45) is 11.8 Å². The van der Waals surface area contributed by atoms with E-state index in [2.05, 4.69) is 29.1 Å². The first kappa shape index (κ1) is 12.8. The summed E-state index contributed by atoms with van der Waals surface area (Å²) in [5.41, 5.74) is 5.81. The Balaban J connectivity index is 1.99. The highest BCUT2D eigenvalue weighted by Gasteiger charge is 2.25. The maximum Gasteiger partial charge on any atom is 0.271 e. The first-order valence-electron chi connectivity index (χ1n) is 6.43. The van der Waals surface area contributed by atoms with Gasteiger partial charge in [0.05, 0.1) is 12.4 Å². The smallest absolute Gasteiger partial charge is 0.271 e. The van der Waals surface area contributed by atoms with Crippen molar-refractivity contribution in [2.75, 3.05) is 5.73 Å². The largest absolute Gasteiger partial charge is 0.382 e. The van der Waals surface area contributed by atoms with Crippen molar-refractivity contribution in [2.45, 2.75) is 39.2 Å². The molecule has 1 aliphatic carbocycles. The second-order valence-corrected chi connectivity index (χ2v) is 5.42. The fourth-order valence-electron chi connectivity index (χ4n) is 2.81. The van der Waals surface area contributed by atoms with Gasteiger partial charge >= 0.3 is 0 Å².